The number of fused-ring (bicyclic) bond motifs is 1. The summed E-state index contributed by atoms with van der Waals surface area (Å²) in [7, 11) is 1.58. The molecule has 3 rings (SSSR count). The molecule has 0 aliphatic carbocycles. The van der Waals surface area contributed by atoms with Crippen LogP contribution in [0.5, 0.6) is 5.75 Å². The number of aryl methyl sites for hydroxylation is 1. The first-order valence-electron chi connectivity index (χ1n) is 8.95. The van der Waals surface area contributed by atoms with E-state index in [0.717, 1.165) is 11.6 Å². The average Bonchev–Trinajstić information content (AvgIpc) is 2.64. The van der Waals surface area contributed by atoms with Gasteiger partial charge in [0, 0.05) is 0 Å². The molecule has 0 aromatic heterocycles. The van der Waals surface area contributed by atoms with Crippen molar-refractivity contribution in [3.8, 4) is 5.75 Å². The number of methoxy groups -OCH3 is 1. The highest BCUT2D eigenvalue weighted by atomic mass is 79.9. The number of hydrogen-bond donors (Lipinski definition) is 0. The maximum absolute atomic E-state index is 14.3. The van der Waals surface area contributed by atoms with Gasteiger partial charge in [-0.05, 0) is 78.9 Å². The summed E-state index contributed by atoms with van der Waals surface area (Å²) in [5, 5.41) is 0. The topological polar surface area (TPSA) is 38.8 Å². The molecule has 0 spiro atoms. The smallest absolute Gasteiger partial charge is 0.415 e. The number of benzene rings is 2. The minimum Gasteiger partial charge on any atom is -0.497 e. The highest BCUT2D eigenvalue weighted by Gasteiger charge is 2.38. The summed E-state index contributed by atoms with van der Waals surface area (Å²) < 4.78 is 38.9. The van der Waals surface area contributed by atoms with Crippen LogP contribution < -0.4 is 9.64 Å². The molecule has 0 saturated carbocycles. The van der Waals surface area contributed by atoms with E-state index in [1.165, 1.54) is 4.90 Å². The summed E-state index contributed by atoms with van der Waals surface area (Å²) >= 11 is 3.14. The van der Waals surface area contributed by atoms with Crippen molar-refractivity contribution in [3.63, 3.8) is 0 Å². The van der Waals surface area contributed by atoms with E-state index in [9.17, 15) is 13.6 Å². The molecule has 4 nitrogen and oxygen atoms in total. The molecule has 2 aromatic rings. The van der Waals surface area contributed by atoms with Crippen LogP contribution in [0, 0.1) is 11.6 Å². The van der Waals surface area contributed by atoms with E-state index >= 15 is 0 Å². The first-order valence-corrected chi connectivity index (χ1v) is 9.74. The first kappa shape index (κ1) is 20.6. The van der Waals surface area contributed by atoms with Crippen molar-refractivity contribution in [2.24, 2.45) is 0 Å². The van der Waals surface area contributed by atoms with E-state index in [-0.39, 0.29) is 10.5 Å². The van der Waals surface area contributed by atoms with Gasteiger partial charge in [-0.1, -0.05) is 12.1 Å². The number of nitrogens with zero attached hydrogens (tertiary/aromatic N) is 1. The second kappa shape index (κ2) is 7.70. The molecule has 28 heavy (non-hydrogen) atoms. The fourth-order valence-electron chi connectivity index (χ4n) is 3.33. The number of carbonyl (C=O) groups is 1. The van der Waals surface area contributed by atoms with E-state index in [1.807, 2.05) is 12.1 Å². The summed E-state index contributed by atoms with van der Waals surface area (Å²) in [5.74, 6) is -1.28. The molecule has 0 radical (unpaired) electrons. The van der Waals surface area contributed by atoms with Crippen molar-refractivity contribution >= 4 is 27.7 Å². The van der Waals surface area contributed by atoms with Crippen LogP contribution in [0.25, 0.3) is 0 Å². The Kier molecular flexibility index (Phi) is 5.66. The molecular formula is C21H22BrF2NO3. The normalized spacial score (nSPS) is 16.5. The summed E-state index contributed by atoms with van der Waals surface area (Å²) in [5.41, 5.74) is 0.986. The Hall–Kier alpha value is -2.15. The third kappa shape index (κ3) is 3.99. The maximum atomic E-state index is 14.3. The molecule has 0 bridgehead atoms. The van der Waals surface area contributed by atoms with Crippen molar-refractivity contribution in [1.82, 2.24) is 0 Å². The lowest BCUT2D eigenvalue weighted by Crippen LogP contribution is -2.42. The fourth-order valence-corrected chi connectivity index (χ4v) is 3.97. The first-order chi connectivity index (χ1) is 13.1. The predicted octanol–water partition coefficient (Wildman–Crippen LogP) is 6.16. The molecule has 1 atom stereocenters. The van der Waals surface area contributed by atoms with Crippen LogP contribution in [0.2, 0.25) is 0 Å². The molecule has 7 heteroatoms. The minimum atomic E-state index is -1.03. The van der Waals surface area contributed by atoms with Crippen molar-refractivity contribution in [2.75, 3.05) is 12.0 Å². The lowest BCUT2D eigenvalue weighted by atomic mass is 9.91. The lowest BCUT2D eigenvalue weighted by molar-refractivity contribution is 0.0559. The van der Waals surface area contributed by atoms with Gasteiger partial charge in [0.05, 0.1) is 23.3 Å². The number of anilines is 1. The second-order valence-corrected chi connectivity index (χ2v) is 8.47. The molecule has 2 aromatic carbocycles. The Morgan fingerprint density at radius 3 is 2.43 bits per heavy atom. The highest BCUT2D eigenvalue weighted by Crippen LogP contribution is 2.45. The standard InChI is InChI=1S/C21H22BrF2NO3/c1-21(2,3)28-20(26)25-16(12-5-8-14(27-4)9-6-12)10-7-13-11-15(23)18(24)17(22)19(13)25/h5-6,8-9,11,16H,7,10H2,1-4H3. The van der Waals surface area contributed by atoms with E-state index in [4.69, 9.17) is 9.47 Å². The molecule has 0 fully saturated rings. The molecule has 0 N–H and O–H groups in total. The SMILES string of the molecule is COc1ccc(C2CCc3cc(F)c(F)c(Br)c3N2C(=O)OC(C)(C)C)cc1. The minimum absolute atomic E-state index is 0.0772. The highest BCUT2D eigenvalue weighted by molar-refractivity contribution is 9.10. The van der Waals surface area contributed by atoms with Crippen molar-refractivity contribution in [2.45, 2.75) is 45.3 Å². The zero-order valence-electron chi connectivity index (χ0n) is 16.2. The number of halogens is 3. The van der Waals surface area contributed by atoms with E-state index < -0.39 is 23.3 Å². The van der Waals surface area contributed by atoms with Crippen LogP contribution >= 0.6 is 15.9 Å². The van der Waals surface area contributed by atoms with Gasteiger partial charge in [0.1, 0.15) is 11.4 Å². The molecule has 1 heterocycles. The third-order valence-electron chi connectivity index (χ3n) is 4.55. The Morgan fingerprint density at radius 1 is 1.21 bits per heavy atom. The summed E-state index contributed by atoms with van der Waals surface area (Å²) in [4.78, 5) is 14.5. The van der Waals surface area contributed by atoms with Gasteiger partial charge >= 0.3 is 6.09 Å². The van der Waals surface area contributed by atoms with Crippen LogP contribution in [0.3, 0.4) is 0 Å². The monoisotopic (exact) mass is 453 g/mol. The number of amides is 1. The van der Waals surface area contributed by atoms with Gasteiger partial charge in [-0.25, -0.2) is 13.6 Å². The second-order valence-electron chi connectivity index (χ2n) is 7.67. The number of rotatable bonds is 2. The van der Waals surface area contributed by atoms with Gasteiger partial charge in [0.25, 0.3) is 0 Å². The summed E-state index contributed by atoms with van der Waals surface area (Å²) in [6, 6.07) is 8.10. The van der Waals surface area contributed by atoms with Crippen molar-refractivity contribution in [1.29, 1.82) is 0 Å². The van der Waals surface area contributed by atoms with E-state index in [1.54, 1.807) is 40.0 Å². The van der Waals surface area contributed by atoms with Crippen LogP contribution in [0.4, 0.5) is 19.3 Å². The van der Waals surface area contributed by atoms with Crippen molar-refractivity contribution in [3.05, 3.63) is 57.6 Å². The van der Waals surface area contributed by atoms with Crippen LogP contribution in [-0.2, 0) is 11.2 Å². The van der Waals surface area contributed by atoms with Gasteiger partial charge in [-0.15, -0.1) is 0 Å². The molecule has 1 aliphatic heterocycles. The Labute approximate surface area is 171 Å². The van der Waals surface area contributed by atoms with Crippen LogP contribution in [0.15, 0.2) is 34.8 Å². The summed E-state index contributed by atoms with van der Waals surface area (Å²) in [6.45, 7) is 5.29. The molecule has 1 aliphatic rings. The maximum Gasteiger partial charge on any atom is 0.415 e. The molecule has 150 valence electrons. The Bertz CT molecular complexity index is 894. The van der Waals surface area contributed by atoms with Crippen LogP contribution in [0.1, 0.15) is 44.4 Å². The number of ether oxygens (including phenoxy) is 2. The van der Waals surface area contributed by atoms with Gasteiger partial charge in [0.2, 0.25) is 0 Å². The van der Waals surface area contributed by atoms with Gasteiger partial charge < -0.3 is 9.47 Å². The average molecular weight is 454 g/mol. The zero-order chi connectivity index (χ0) is 20.6. The number of hydrogen-bond acceptors (Lipinski definition) is 3. The number of carbonyl (C=O) groups excluding carboxylic acids is 1. The Balaban J connectivity index is 2.12. The molecule has 1 amide bonds. The Morgan fingerprint density at radius 2 is 1.86 bits per heavy atom. The van der Waals surface area contributed by atoms with Gasteiger partial charge in [-0.3, -0.25) is 4.90 Å². The molecule has 1 unspecified atom stereocenters. The largest absolute Gasteiger partial charge is 0.497 e. The predicted molar refractivity (Wildman–Crippen MR) is 107 cm³/mol. The zero-order valence-corrected chi connectivity index (χ0v) is 17.8. The van der Waals surface area contributed by atoms with Crippen molar-refractivity contribution < 1.29 is 23.0 Å². The fraction of sp³-hybridized carbons (Fsp3) is 0.381. The lowest BCUT2D eigenvalue weighted by Gasteiger charge is -2.39. The summed E-state index contributed by atoms with van der Waals surface area (Å²) in [6.07, 6.45) is 0.443. The molecule has 0 saturated heterocycles. The third-order valence-corrected chi connectivity index (χ3v) is 5.27. The van der Waals surface area contributed by atoms with Gasteiger partial charge in [0.15, 0.2) is 11.6 Å². The quantitative estimate of drug-likeness (QED) is 0.510. The van der Waals surface area contributed by atoms with E-state index in [2.05, 4.69) is 15.9 Å². The van der Waals surface area contributed by atoms with Gasteiger partial charge in [-0.2, -0.15) is 0 Å². The van der Waals surface area contributed by atoms with Crippen LogP contribution in [-0.4, -0.2) is 18.8 Å². The molecular weight excluding hydrogens is 432 g/mol. The van der Waals surface area contributed by atoms with E-state index in [0.29, 0.717) is 29.8 Å².